The first kappa shape index (κ1) is 15.1. The third-order valence-corrected chi connectivity index (χ3v) is 3.29. The van der Waals surface area contributed by atoms with Crippen molar-refractivity contribution in [3.8, 4) is 5.75 Å². The van der Waals surface area contributed by atoms with E-state index in [9.17, 15) is 0 Å². The number of hydrogen-bond acceptors (Lipinski definition) is 7. The first-order valence-corrected chi connectivity index (χ1v) is 7.19. The molecule has 0 unspecified atom stereocenters. The number of methoxy groups -OCH3 is 1. The summed E-state index contributed by atoms with van der Waals surface area (Å²) in [6.45, 7) is 0.513. The molecule has 0 saturated carbocycles. The van der Waals surface area contributed by atoms with Crippen molar-refractivity contribution in [3.05, 3.63) is 53.6 Å². The van der Waals surface area contributed by atoms with Gasteiger partial charge in [0.2, 0.25) is 5.95 Å². The van der Waals surface area contributed by atoms with Gasteiger partial charge in [-0.3, -0.25) is 0 Å². The highest BCUT2D eigenvalue weighted by Gasteiger charge is 2.05. The van der Waals surface area contributed by atoms with Crippen molar-refractivity contribution in [2.45, 2.75) is 6.54 Å². The first-order valence-electron chi connectivity index (χ1n) is 6.81. The number of hydrogen-bond donors (Lipinski definition) is 2. The Morgan fingerprint density at radius 1 is 1.30 bits per heavy atom. The van der Waals surface area contributed by atoms with E-state index in [0.29, 0.717) is 29.1 Å². The number of rotatable bonds is 6. The Labute approximate surface area is 137 Å². The Morgan fingerprint density at radius 2 is 2.22 bits per heavy atom. The van der Waals surface area contributed by atoms with E-state index in [1.807, 2.05) is 18.2 Å². The summed E-state index contributed by atoms with van der Waals surface area (Å²) in [7, 11) is 1.56. The molecule has 7 nitrogen and oxygen atoms in total. The highest BCUT2D eigenvalue weighted by Crippen LogP contribution is 2.28. The van der Waals surface area contributed by atoms with Crippen molar-refractivity contribution >= 4 is 29.1 Å². The summed E-state index contributed by atoms with van der Waals surface area (Å²) in [5.41, 5.74) is 0.737. The van der Waals surface area contributed by atoms with Crippen LogP contribution >= 0.6 is 11.6 Å². The van der Waals surface area contributed by atoms with Crippen molar-refractivity contribution in [2.75, 3.05) is 17.7 Å². The second kappa shape index (κ2) is 6.97. The van der Waals surface area contributed by atoms with Crippen LogP contribution in [0.3, 0.4) is 0 Å². The summed E-state index contributed by atoms with van der Waals surface area (Å²) in [5, 5.41) is 14.5. The van der Waals surface area contributed by atoms with Crippen molar-refractivity contribution in [3.63, 3.8) is 0 Å². The van der Waals surface area contributed by atoms with Gasteiger partial charge in [-0.25, -0.2) is 0 Å². The van der Waals surface area contributed by atoms with Crippen LogP contribution in [-0.4, -0.2) is 22.3 Å². The van der Waals surface area contributed by atoms with Crippen molar-refractivity contribution < 1.29 is 9.15 Å². The monoisotopic (exact) mass is 331 g/mol. The van der Waals surface area contributed by atoms with Crippen molar-refractivity contribution in [1.82, 2.24) is 15.2 Å². The normalized spacial score (nSPS) is 10.3. The maximum absolute atomic E-state index is 6.09. The molecule has 2 N–H and O–H groups in total. The molecule has 118 valence electrons. The zero-order chi connectivity index (χ0) is 16.1. The second-order valence-corrected chi connectivity index (χ2v) is 4.98. The van der Waals surface area contributed by atoms with Gasteiger partial charge in [0.15, 0.2) is 5.82 Å². The van der Waals surface area contributed by atoms with E-state index in [-0.39, 0.29) is 0 Å². The van der Waals surface area contributed by atoms with Crippen LogP contribution in [0.15, 0.2) is 47.2 Å². The van der Waals surface area contributed by atoms with E-state index in [0.717, 1.165) is 11.4 Å². The number of anilines is 3. The molecule has 0 amide bonds. The third kappa shape index (κ3) is 3.89. The topological polar surface area (TPSA) is 85.1 Å². The average molecular weight is 332 g/mol. The Bertz CT molecular complexity index is 779. The van der Waals surface area contributed by atoms with Crippen LogP contribution in [0.2, 0.25) is 5.02 Å². The van der Waals surface area contributed by atoms with E-state index in [2.05, 4.69) is 25.8 Å². The van der Waals surface area contributed by atoms with Gasteiger partial charge in [0.25, 0.3) is 0 Å². The molecular formula is C15H14ClN5O2. The fourth-order valence-corrected chi connectivity index (χ4v) is 2.16. The van der Waals surface area contributed by atoms with Gasteiger partial charge in [0, 0.05) is 5.69 Å². The van der Waals surface area contributed by atoms with Crippen LogP contribution in [0.5, 0.6) is 5.75 Å². The van der Waals surface area contributed by atoms with Gasteiger partial charge in [-0.05, 0) is 30.3 Å². The number of nitrogens with one attached hydrogen (secondary N) is 2. The fourth-order valence-electron chi connectivity index (χ4n) is 1.91. The molecule has 3 aromatic rings. The van der Waals surface area contributed by atoms with Gasteiger partial charge in [-0.2, -0.15) is 10.1 Å². The molecular weight excluding hydrogens is 318 g/mol. The molecule has 23 heavy (non-hydrogen) atoms. The summed E-state index contributed by atoms with van der Waals surface area (Å²) in [5.74, 6) is 2.35. The second-order valence-electron chi connectivity index (χ2n) is 4.57. The number of benzene rings is 1. The zero-order valence-electron chi connectivity index (χ0n) is 12.3. The Hall–Kier alpha value is -2.80. The highest BCUT2D eigenvalue weighted by molar-refractivity contribution is 6.32. The van der Waals surface area contributed by atoms with E-state index in [1.165, 1.54) is 6.20 Å². The fraction of sp³-hybridized carbons (Fsp3) is 0.133. The lowest BCUT2D eigenvalue weighted by Gasteiger charge is -2.08. The minimum absolute atomic E-state index is 0.357. The molecule has 0 aliphatic carbocycles. The van der Waals surface area contributed by atoms with Gasteiger partial charge < -0.3 is 19.8 Å². The number of ether oxygens (including phenoxy) is 1. The molecule has 0 atom stereocenters. The Kier molecular flexibility index (Phi) is 4.58. The SMILES string of the molecule is COc1ccc(Nc2nncc(NCc3ccco3)n2)cc1Cl. The Balaban J connectivity index is 1.68. The molecule has 0 aliphatic rings. The smallest absolute Gasteiger partial charge is 0.249 e. The van der Waals surface area contributed by atoms with Gasteiger partial charge in [0.05, 0.1) is 31.1 Å². The largest absolute Gasteiger partial charge is 0.495 e. The minimum atomic E-state index is 0.357. The first-order chi connectivity index (χ1) is 11.2. The van der Waals surface area contributed by atoms with Crippen molar-refractivity contribution in [1.29, 1.82) is 0 Å². The molecule has 1 aromatic carbocycles. The predicted octanol–water partition coefficient (Wildman–Crippen LogP) is 3.48. The molecule has 0 fully saturated rings. The van der Waals surface area contributed by atoms with Crippen LogP contribution in [0.4, 0.5) is 17.5 Å². The standard InChI is InChI=1S/C15H14ClN5O2/c1-22-13-5-4-10(7-12(13)16)19-15-20-14(9-18-21-15)17-8-11-3-2-6-23-11/h2-7,9H,8H2,1H3,(H2,17,19,20,21). The molecule has 2 heterocycles. The third-order valence-electron chi connectivity index (χ3n) is 2.99. The van der Waals surface area contributed by atoms with E-state index >= 15 is 0 Å². The molecule has 8 heteroatoms. The molecule has 3 rings (SSSR count). The molecule has 2 aromatic heterocycles. The number of nitrogens with zero attached hydrogens (tertiary/aromatic N) is 3. The molecule has 0 radical (unpaired) electrons. The lowest BCUT2D eigenvalue weighted by molar-refractivity contribution is 0.415. The molecule has 0 spiro atoms. The number of halogens is 1. The summed E-state index contributed by atoms with van der Waals surface area (Å²) < 4.78 is 10.4. The van der Waals surface area contributed by atoms with Crippen LogP contribution in [-0.2, 0) is 6.54 Å². The van der Waals surface area contributed by atoms with Gasteiger partial charge in [0.1, 0.15) is 11.5 Å². The van der Waals surface area contributed by atoms with Crippen LogP contribution in [0, 0.1) is 0 Å². The maximum Gasteiger partial charge on any atom is 0.249 e. The molecule has 0 bridgehead atoms. The lowest BCUT2D eigenvalue weighted by atomic mass is 10.3. The Morgan fingerprint density at radius 3 is 2.96 bits per heavy atom. The van der Waals surface area contributed by atoms with Gasteiger partial charge in [-0.15, -0.1) is 5.10 Å². The highest BCUT2D eigenvalue weighted by atomic mass is 35.5. The quantitative estimate of drug-likeness (QED) is 0.715. The van der Waals surface area contributed by atoms with E-state index in [4.69, 9.17) is 20.8 Å². The minimum Gasteiger partial charge on any atom is -0.495 e. The zero-order valence-corrected chi connectivity index (χ0v) is 13.0. The van der Waals surface area contributed by atoms with E-state index in [1.54, 1.807) is 25.5 Å². The number of aromatic nitrogens is 3. The summed E-state index contributed by atoms with van der Waals surface area (Å²) in [6, 6.07) is 9.01. The summed E-state index contributed by atoms with van der Waals surface area (Å²) in [4.78, 5) is 4.33. The van der Waals surface area contributed by atoms with Crippen LogP contribution in [0.1, 0.15) is 5.76 Å². The average Bonchev–Trinajstić information content (AvgIpc) is 3.07. The van der Waals surface area contributed by atoms with Crippen LogP contribution in [0.25, 0.3) is 0 Å². The van der Waals surface area contributed by atoms with Gasteiger partial charge >= 0.3 is 0 Å². The van der Waals surface area contributed by atoms with Gasteiger partial charge in [-0.1, -0.05) is 11.6 Å². The van der Waals surface area contributed by atoms with Crippen molar-refractivity contribution in [2.24, 2.45) is 0 Å². The lowest BCUT2D eigenvalue weighted by Crippen LogP contribution is -2.05. The molecule has 0 aliphatic heterocycles. The predicted molar refractivity (Wildman–Crippen MR) is 87.1 cm³/mol. The summed E-state index contributed by atoms with van der Waals surface area (Å²) >= 11 is 6.09. The van der Waals surface area contributed by atoms with Crippen LogP contribution < -0.4 is 15.4 Å². The maximum atomic E-state index is 6.09. The van der Waals surface area contributed by atoms with E-state index < -0.39 is 0 Å². The number of furan rings is 1. The molecule has 0 saturated heterocycles. The summed E-state index contributed by atoms with van der Waals surface area (Å²) in [6.07, 6.45) is 3.16.